The molecule has 17 heavy (non-hydrogen) atoms. The Labute approximate surface area is 103 Å². The molecule has 0 spiro atoms. The normalized spacial score (nSPS) is 20.9. The number of nitrogens with one attached hydrogen (secondary N) is 1. The van der Waals surface area contributed by atoms with Crippen molar-refractivity contribution >= 4 is 5.78 Å². The van der Waals surface area contributed by atoms with Crippen LogP contribution in [0.2, 0.25) is 0 Å². The third-order valence-corrected chi connectivity index (χ3v) is 3.67. The molecule has 1 aromatic rings. The van der Waals surface area contributed by atoms with E-state index in [9.17, 15) is 4.79 Å². The summed E-state index contributed by atoms with van der Waals surface area (Å²) in [6, 6.07) is 6.04. The van der Waals surface area contributed by atoms with E-state index in [-0.39, 0.29) is 11.8 Å². The molecular weight excluding hydrogens is 210 g/mol. The first kappa shape index (κ1) is 12.3. The monoisotopic (exact) mass is 231 g/mol. The summed E-state index contributed by atoms with van der Waals surface area (Å²) in [6.07, 6.45) is 4.57. The maximum atomic E-state index is 12.4. The SMILES string of the molecule is Cc1ccc(C(=O)C2CCCCCN2)cc1C. The second kappa shape index (κ2) is 5.46. The predicted molar refractivity (Wildman–Crippen MR) is 70.5 cm³/mol. The molecule has 0 aliphatic carbocycles. The maximum Gasteiger partial charge on any atom is 0.179 e. The van der Waals surface area contributed by atoms with Gasteiger partial charge in [-0.15, -0.1) is 0 Å². The van der Waals surface area contributed by atoms with E-state index in [1.807, 2.05) is 18.2 Å². The van der Waals surface area contributed by atoms with Crippen molar-refractivity contribution in [2.45, 2.75) is 45.6 Å². The van der Waals surface area contributed by atoms with Crippen molar-refractivity contribution in [1.29, 1.82) is 0 Å². The summed E-state index contributed by atoms with van der Waals surface area (Å²) in [5, 5.41) is 3.36. The smallest absolute Gasteiger partial charge is 0.179 e. The van der Waals surface area contributed by atoms with Gasteiger partial charge in [0.15, 0.2) is 5.78 Å². The molecule has 1 N–H and O–H groups in total. The van der Waals surface area contributed by atoms with Gasteiger partial charge in [-0.05, 0) is 50.4 Å². The fourth-order valence-electron chi connectivity index (χ4n) is 2.35. The summed E-state index contributed by atoms with van der Waals surface area (Å²) >= 11 is 0. The van der Waals surface area contributed by atoms with Crippen molar-refractivity contribution in [3.63, 3.8) is 0 Å². The number of hydrogen-bond acceptors (Lipinski definition) is 2. The van der Waals surface area contributed by atoms with Gasteiger partial charge in [0, 0.05) is 5.56 Å². The van der Waals surface area contributed by atoms with Gasteiger partial charge in [0.2, 0.25) is 0 Å². The van der Waals surface area contributed by atoms with Crippen LogP contribution in [0, 0.1) is 13.8 Å². The molecule has 1 saturated heterocycles. The van der Waals surface area contributed by atoms with E-state index in [4.69, 9.17) is 0 Å². The number of hydrogen-bond donors (Lipinski definition) is 1. The highest BCUT2D eigenvalue weighted by atomic mass is 16.1. The second-order valence-corrected chi connectivity index (χ2v) is 5.02. The van der Waals surface area contributed by atoms with Crippen LogP contribution in [0.1, 0.15) is 47.2 Å². The Bertz CT molecular complexity index is 403. The molecule has 1 heterocycles. The molecule has 1 aromatic carbocycles. The molecule has 0 amide bonds. The lowest BCUT2D eigenvalue weighted by molar-refractivity contribution is 0.0940. The van der Waals surface area contributed by atoms with Crippen LogP contribution in [0.15, 0.2) is 18.2 Å². The van der Waals surface area contributed by atoms with Gasteiger partial charge in [0.1, 0.15) is 0 Å². The Morgan fingerprint density at radius 3 is 2.76 bits per heavy atom. The highest BCUT2D eigenvalue weighted by molar-refractivity contribution is 6.00. The molecule has 92 valence electrons. The summed E-state index contributed by atoms with van der Waals surface area (Å²) in [5.74, 6) is 0.259. The summed E-state index contributed by atoms with van der Waals surface area (Å²) in [5.41, 5.74) is 3.30. The highest BCUT2D eigenvalue weighted by Gasteiger charge is 2.20. The molecule has 2 nitrogen and oxygen atoms in total. The Kier molecular flexibility index (Phi) is 3.95. The Morgan fingerprint density at radius 2 is 2.00 bits per heavy atom. The number of aryl methyl sites for hydroxylation is 2. The van der Waals surface area contributed by atoms with Crippen LogP contribution < -0.4 is 5.32 Å². The van der Waals surface area contributed by atoms with Crippen LogP contribution in [0.4, 0.5) is 0 Å². The van der Waals surface area contributed by atoms with E-state index in [0.717, 1.165) is 24.9 Å². The van der Waals surface area contributed by atoms with Crippen molar-refractivity contribution in [3.05, 3.63) is 34.9 Å². The first-order chi connectivity index (χ1) is 8.18. The van der Waals surface area contributed by atoms with Crippen LogP contribution in [0.3, 0.4) is 0 Å². The largest absolute Gasteiger partial charge is 0.307 e. The molecule has 2 rings (SSSR count). The number of benzene rings is 1. The number of rotatable bonds is 2. The topological polar surface area (TPSA) is 29.1 Å². The molecule has 1 atom stereocenters. The lowest BCUT2D eigenvalue weighted by atomic mass is 9.97. The highest BCUT2D eigenvalue weighted by Crippen LogP contribution is 2.16. The molecule has 2 heteroatoms. The Hall–Kier alpha value is -1.15. The summed E-state index contributed by atoms with van der Waals surface area (Å²) in [7, 11) is 0. The standard InChI is InChI=1S/C15H21NO/c1-11-7-8-13(10-12(11)2)15(17)14-6-4-3-5-9-16-14/h7-8,10,14,16H,3-6,9H2,1-2H3. The number of carbonyl (C=O) groups excluding carboxylic acids is 1. The van der Waals surface area contributed by atoms with Crippen molar-refractivity contribution in [3.8, 4) is 0 Å². The van der Waals surface area contributed by atoms with Gasteiger partial charge in [-0.3, -0.25) is 4.79 Å². The molecule has 0 bridgehead atoms. The second-order valence-electron chi connectivity index (χ2n) is 5.02. The van der Waals surface area contributed by atoms with Gasteiger partial charge in [-0.1, -0.05) is 25.0 Å². The Morgan fingerprint density at radius 1 is 1.18 bits per heavy atom. The van der Waals surface area contributed by atoms with Crippen LogP contribution in [0.25, 0.3) is 0 Å². The molecule has 0 saturated carbocycles. The van der Waals surface area contributed by atoms with Gasteiger partial charge in [-0.25, -0.2) is 0 Å². The van der Waals surface area contributed by atoms with Crippen molar-refractivity contribution in [2.75, 3.05) is 6.54 Å². The minimum atomic E-state index is 0.0274. The van der Waals surface area contributed by atoms with Crippen LogP contribution in [-0.2, 0) is 0 Å². The average molecular weight is 231 g/mol. The van der Waals surface area contributed by atoms with Gasteiger partial charge in [0.25, 0.3) is 0 Å². The van der Waals surface area contributed by atoms with Crippen LogP contribution in [0.5, 0.6) is 0 Å². The molecule has 1 aliphatic heterocycles. The quantitative estimate of drug-likeness (QED) is 0.793. The fourth-order valence-corrected chi connectivity index (χ4v) is 2.35. The Balaban J connectivity index is 2.14. The van der Waals surface area contributed by atoms with E-state index in [1.54, 1.807) is 0 Å². The molecular formula is C15H21NO. The van der Waals surface area contributed by atoms with Crippen molar-refractivity contribution < 1.29 is 4.79 Å². The fraction of sp³-hybridized carbons (Fsp3) is 0.533. The molecule has 0 radical (unpaired) electrons. The van der Waals surface area contributed by atoms with E-state index in [2.05, 4.69) is 19.2 Å². The minimum Gasteiger partial charge on any atom is -0.307 e. The first-order valence-corrected chi connectivity index (χ1v) is 6.53. The molecule has 1 aliphatic rings. The number of ketones is 1. The zero-order chi connectivity index (χ0) is 12.3. The average Bonchev–Trinajstić information content (AvgIpc) is 2.60. The number of Topliss-reactive ketones (excluding diaryl/α,β-unsaturated/α-hetero) is 1. The van der Waals surface area contributed by atoms with Crippen LogP contribution >= 0.6 is 0 Å². The van der Waals surface area contributed by atoms with E-state index in [0.29, 0.717) is 0 Å². The predicted octanol–water partition coefficient (Wildman–Crippen LogP) is 3.02. The van der Waals surface area contributed by atoms with E-state index < -0.39 is 0 Å². The zero-order valence-corrected chi connectivity index (χ0v) is 10.8. The molecule has 0 aromatic heterocycles. The lowest BCUT2D eigenvalue weighted by Crippen LogP contribution is -2.36. The lowest BCUT2D eigenvalue weighted by Gasteiger charge is -2.15. The first-order valence-electron chi connectivity index (χ1n) is 6.53. The minimum absolute atomic E-state index is 0.0274. The zero-order valence-electron chi connectivity index (χ0n) is 10.8. The van der Waals surface area contributed by atoms with E-state index >= 15 is 0 Å². The number of carbonyl (C=O) groups is 1. The third-order valence-electron chi connectivity index (χ3n) is 3.67. The van der Waals surface area contributed by atoms with Crippen molar-refractivity contribution in [2.24, 2.45) is 0 Å². The molecule has 1 fully saturated rings. The summed E-state index contributed by atoms with van der Waals surface area (Å²) in [6.45, 7) is 5.11. The van der Waals surface area contributed by atoms with Gasteiger partial charge in [0.05, 0.1) is 6.04 Å². The van der Waals surface area contributed by atoms with Crippen LogP contribution in [-0.4, -0.2) is 18.4 Å². The molecule has 1 unspecified atom stereocenters. The maximum absolute atomic E-state index is 12.4. The van der Waals surface area contributed by atoms with E-state index in [1.165, 1.54) is 24.0 Å². The van der Waals surface area contributed by atoms with Crippen molar-refractivity contribution in [1.82, 2.24) is 5.32 Å². The van der Waals surface area contributed by atoms with Gasteiger partial charge >= 0.3 is 0 Å². The van der Waals surface area contributed by atoms with Gasteiger partial charge < -0.3 is 5.32 Å². The summed E-state index contributed by atoms with van der Waals surface area (Å²) < 4.78 is 0. The summed E-state index contributed by atoms with van der Waals surface area (Å²) in [4.78, 5) is 12.4. The third kappa shape index (κ3) is 2.95. The van der Waals surface area contributed by atoms with Gasteiger partial charge in [-0.2, -0.15) is 0 Å².